The van der Waals surface area contributed by atoms with Gasteiger partial charge in [0, 0.05) is 16.5 Å². The number of pyridine rings is 1. The number of carbonyl (C=O) groups is 2. The van der Waals surface area contributed by atoms with Crippen LogP contribution in [0.5, 0.6) is 0 Å². The second kappa shape index (κ2) is 8.86. The van der Waals surface area contributed by atoms with Crippen LogP contribution in [0.4, 0.5) is 22.0 Å². The molecule has 0 unspecified atom stereocenters. The quantitative estimate of drug-likeness (QED) is 0.352. The first-order valence-electron chi connectivity index (χ1n) is 9.69. The van der Waals surface area contributed by atoms with Crippen LogP contribution in [0, 0.1) is 11.3 Å². The highest BCUT2D eigenvalue weighted by atomic mass is 32.1. The highest BCUT2D eigenvalue weighted by molar-refractivity contribution is 7.21. The van der Waals surface area contributed by atoms with Crippen molar-refractivity contribution >= 4 is 50.7 Å². The number of carbonyl (C=O) groups excluding carboxylic acids is 2. The zero-order valence-corrected chi connectivity index (χ0v) is 18.0. The fraction of sp³-hybridized carbons (Fsp3) is 0.0435. The molecule has 0 saturated carbocycles. The number of aromatic nitrogens is 1. The number of hydrogen-bond acceptors (Lipinski definition) is 8. The number of nitrogen functional groups attached to an aromatic ring is 2. The van der Waals surface area contributed by atoms with Crippen molar-refractivity contribution in [3.8, 4) is 17.2 Å². The Bertz CT molecular complexity index is 1430. The molecule has 0 aliphatic rings. The number of amides is 2. The van der Waals surface area contributed by atoms with E-state index in [1.165, 1.54) is 0 Å². The third-order valence-corrected chi connectivity index (χ3v) is 6.00. The van der Waals surface area contributed by atoms with Gasteiger partial charge < -0.3 is 21.9 Å². The average molecular weight is 459 g/mol. The Labute approximate surface area is 192 Å². The fourth-order valence-electron chi connectivity index (χ4n) is 3.41. The summed E-state index contributed by atoms with van der Waals surface area (Å²) >= 11 is 0.988. The summed E-state index contributed by atoms with van der Waals surface area (Å²) in [5.74, 6) is -0.742. The summed E-state index contributed by atoms with van der Waals surface area (Å²) in [5, 5.41) is 12.9. The van der Waals surface area contributed by atoms with E-state index in [-0.39, 0.29) is 28.6 Å². The highest BCUT2D eigenvalue weighted by Gasteiger charge is 2.25. The van der Waals surface area contributed by atoms with Crippen LogP contribution in [0.3, 0.4) is 0 Å². The van der Waals surface area contributed by atoms with E-state index in [0.29, 0.717) is 27.0 Å². The van der Waals surface area contributed by atoms with E-state index < -0.39 is 12.0 Å². The number of fused-ring (bicyclic) bond motifs is 1. The van der Waals surface area contributed by atoms with Crippen molar-refractivity contribution in [1.82, 2.24) is 4.98 Å². The van der Waals surface area contributed by atoms with Crippen LogP contribution in [0.2, 0.25) is 0 Å². The maximum Gasteiger partial charge on any atom is 0.411 e. The molecule has 2 heterocycles. The van der Waals surface area contributed by atoms with Crippen LogP contribution in [0.15, 0.2) is 54.6 Å². The van der Waals surface area contributed by atoms with Gasteiger partial charge >= 0.3 is 6.09 Å². The molecule has 0 bridgehead atoms. The van der Waals surface area contributed by atoms with Crippen molar-refractivity contribution < 1.29 is 14.3 Å². The van der Waals surface area contributed by atoms with Crippen molar-refractivity contribution in [1.29, 1.82) is 5.26 Å². The smallest absolute Gasteiger partial charge is 0.411 e. The van der Waals surface area contributed by atoms with Gasteiger partial charge in [0.05, 0.1) is 11.4 Å². The molecule has 164 valence electrons. The van der Waals surface area contributed by atoms with Crippen molar-refractivity contribution in [2.75, 3.05) is 16.8 Å². The van der Waals surface area contributed by atoms with E-state index in [9.17, 15) is 14.9 Å². The molecule has 0 atom stereocenters. The second-order valence-electron chi connectivity index (χ2n) is 6.98. The normalized spacial score (nSPS) is 10.5. The summed E-state index contributed by atoms with van der Waals surface area (Å²) in [4.78, 5) is 29.0. The number of nitrogens with zero attached hydrogens (tertiary/aromatic N) is 2. The number of hydrogen-bond donors (Lipinski definition) is 4. The Kier molecular flexibility index (Phi) is 5.80. The Morgan fingerprint density at radius 2 is 1.79 bits per heavy atom. The summed E-state index contributed by atoms with van der Waals surface area (Å²) in [5.41, 5.74) is 19.9. The summed E-state index contributed by atoms with van der Waals surface area (Å²) in [7, 11) is 0. The minimum Gasteiger partial charge on any atom is -0.444 e. The molecule has 2 aromatic heterocycles. The van der Waals surface area contributed by atoms with Gasteiger partial charge in [-0.2, -0.15) is 5.26 Å². The van der Waals surface area contributed by atoms with Crippen molar-refractivity contribution in [2.45, 2.75) is 6.61 Å². The van der Waals surface area contributed by atoms with Crippen molar-refractivity contribution in [3.05, 3.63) is 70.6 Å². The van der Waals surface area contributed by atoms with Crippen LogP contribution in [0.1, 0.15) is 20.8 Å². The summed E-state index contributed by atoms with van der Waals surface area (Å²) < 4.78 is 5.31. The molecular formula is C23H18N6O3S. The molecule has 0 fully saturated rings. The van der Waals surface area contributed by atoms with Gasteiger partial charge in [-0.3, -0.25) is 10.1 Å². The first-order valence-corrected chi connectivity index (χ1v) is 10.5. The number of primary amides is 1. The fourth-order valence-corrected chi connectivity index (χ4v) is 4.38. The first kappa shape index (κ1) is 21.6. The molecule has 7 N–H and O–H groups in total. The molecule has 2 aromatic carbocycles. The minimum atomic E-state index is -0.713. The summed E-state index contributed by atoms with van der Waals surface area (Å²) in [6.07, 6.45) is -0.681. The van der Waals surface area contributed by atoms with Gasteiger partial charge in [-0.1, -0.05) is 48.5 Å². The van der Waals surface area contributed by atoms with Gasteiger partial charge in [0.2, 0.25) is 0 Å². The molecule has 33 heavy (non-hydrogen) atoms. The maximum atomic E-state index is 12.5. The third kappa shape index (κ3) is 4.13. The Morgan fingerprint density at radius 1 is 1.09 bits per heavy atom. The first-order chi connectivity index (χ1) is 15.9. The van der Waals surface area contributed by atoms with Gasteiger partial charge in [-0.05, 0) is 11.6 Å². The molecule has 9 nitrogen and oxygen atoms in total. The number of nitriles is 1. The van der Waals surface area contributed by atoms with Gasteiger partial charge in [0.25, 0.3) is 5.91 Å². The van der Waals surface area contributed by atoms with E-state index in [0.717, 1.165) is 16.9 Å². The van der Waals surface area contributed by atoms with E-state index in [1.54, 1.807) is 24.3 Å². The van der Waals surface area contributed by atoms with Crippen molar-refractivity contribution in [3.63, 3.8) is 0 Å². The number of nitrogens with two attached hydrogens (primary N) is 3. The lowest BCUT2D eigenvalue weighted by molar-refractivity contribution is 0.100. The SMILES string of the molecule is N#Cc1c(N)nc2sc(C(N)=O)c(N)c2c1-c1ccccc1NC(=O)OCc1ccccc1. The lowest BCUT2D eigenvalue weighted by Gasteiger charge is -2.15. The Hall–Kier alpha value is -4.62. The molecule has 0 radical (unpaired) electrons. The van der Waals surface area contributed by atoms with Gasteiger partial charge in [0.1, 0.15) is 33.8 Å². The topological polar surface area (TPSA) is 170 Å². The molecule has 0 aliphatic carbocycles. The van der Waals surface area contributed by atoms with E-state index in [2.05, 4.69) is 10.3 Å². The summed E-state index contributed by atoms with van der Waals surface area (Å²) in [6, 6.07) is 18.1. The molecule has 0 saturated heterocycles. The highest BCUT2D eigenvalue weighted by Crippen LogP contribution is 2.44. The van der Waals surface area contributed by atoms with Crippen LogP contribution < -0.4 is 22.5 Å². The standard InChI is InChI=1S/C23H18N6O3S/c24-10-14-16(17-18(25)19(21(27)30)33-22(17)29-20(14)26)13-8-4-5-9-15(13)28-23(31)32-11-12-6-2-1-3-7-12/h1-9H,11,25H2,(H2,26,29)(H2,27,30)(H,28,31). The number of anilines is 3. The van der Waals surface area contributed by atoms with Crippen molar-refractivity contribution in [2.24, 2.45) is 5.73 Å². The summed E-state index contributed by atoms with van der Waals surface area (Å²) in [6.45, 7) is 0.0875. The molecule has 0 spiro atoms. The third-order valence-electron chi connectivity index (χ3n) is 4.89. The number of para-hydroxylation sites is 1. The van der Waals surface area contributed by atoms with Crippen LogP contribution in [-0.2, 0) is 11.3 Å². The number of ether oxygens (including phenoxy) is 1. The average Bonchev–Trinajstić information content (AvgIpc) is 3.14. The van der Waals surface area contributed by atoms with E-state index in [4.69, 9.17) is 21.9 Å². The molecule has 10 heteroatoms. The maximum absolute atomic E-state index is 12.5. The lowest BCUT2D eigenvalue weighted by atomic mass is 9.95. The van der Waals surface area contributed by atoms with E-state index >= 15 is 0 Å². The van der Waals surface area contributed by atoms with Gasteiger partial charge in [-0.25, -0.2) is 9.78 Å². The van der Waals surface area contributed by atoms with E-state index in [1.807, 2.05) is 36.4 Å². The molecule has 4 aromatic rings. The predicted molar refractivity (Wildman–Crippen MR) is 127 cm³/mol. The number of benzene rings is 2. The molecule has 4 rings (SSSR count). The van der Waals surface area contributed by atoms with Crippen LogP contribution >= 0.6 is 11.3 Å². The number of thiophene rings is 1. The zero-order valence-electron chi connectivity index (χ0n) is 17.2. The molecule has 2 amide bonds. The Balaban J connectivity index is 1.79. The predicted octanol–water partition coefficient (Wildman–Crippen LogP) is 3.85. The zero-order chi connectivity index (χ0) is 23.5. The minimum absolute atomic E-state index is 0.0290. The van der Waals surface area contributed by atoms with Crippen LogP contribution in [0.25, 0.3) is 21.3 Å². The van der Waals surface area contributed by atoms with Gasteiger partial charge in [0.15, 0.2) is 0 Å². The van der Waals surface area contributed by atoms with Gasteiger partial charge in [-0.15, -0.1) is 11.3 Å². The number of nitrogens with one attached hydrogen (secondary N) is 1. The molecule has 0 aliphatic heterocycles. The number of rotatable bonds is 5. The largest absolute Gasteiger partial charge is 0.444 e. The lowest BCUT2D eigenvalue weighted by Crippen LogP contribution is -2.14. The van der Waals surface area contributed by atoms with Crippen LogP contribution in [-0.4, -0.2) is 17.0 Å². The second-order valence-corrected chi connectivity index (χ2v) is 7.98. The monoisotopic (exact) mass is 458 g/mol. The molecular weight excluding hydrogens is 440 g/mol. The Morgan fingerprint density at radius 3 is 2.48 bits per heavy atom.